The fourth-order valence-corrected chi connectivity index (χ4v) is 2.56. The minimum absolute atomic E-state index is 0.445. The zero-order valence-corrected chi connectivity index (χ0v) is 12.4. The molecule has 0 radical (unpaired) electrons. The average molecular weight is 297 g/mol. The van der Waals surface area contributed by atoms with E-state index in [0.717, 1.165) is 16.3 Å². The van der Waals surface area contributed by atoms with Gasteiger partial charge >= 0.3 is 0 Å². The number of benzene rings is 1. The quantitative estimate of drug-likeness (QED) is 0.774. The van der Waals surface area contributed by atoms with Crippen molar-refractivity contribution in [3.05, 3.63) is 52.5 Å². The molecule has 0 aliphatic carbocycles. The van der Waals surface area contributed by atoms with Gasteiger partial charge in [0.1, 0.15) is 11.6 Å². The van der Waals surface area contributed by atoms with Crippen LogP contribution in [0, 0.1) is 6.92 Å². The Morgan fingerprint density at radius 3 is 2.67 bits per heavy atom. The van der Waals surface area contributed by atoms with Crippen LogP contribution in [0.5, 0.6) is 0 Å². The van der Waals surface area contributed by atoms with Gasteiger partial charge in [0.25, 0.3) is 0 Å². The summed E-state index contributed by atoms with van der Waals surface area (Å²) in [5.41, 5.74) is 7.80. The molecule has 0 fully saturated rings. The summed E-state index contributed by atoms with van der Waals surface area (Å²) in [4.78, 5) is 13.2. The third-order valence-corrected chi connectivity index (χ3v) is 3.72. The van der Waals surface area contributed by atoms with Crippen LogP contribution in [-0.2, 0) is 6.54 Å². The third-order valence-electron chi connectivity index (χ3n) is 2.90. The highest BCUT2D eigenvalue weighted by molar-refractivity contribution is 7.09. The van der Waals surface area contributed by atoms with Crippen molar-refractivity contribution < 1.29 is 0 Å². The second kappa shape index (κ2) is 5.88. The molecule has 3 aromatic rings. The summed E-state index contributed by atoms with van der Waals surface area (Å²) in [7, 11) is 0. The number of hydrogen-bond acceptors (Lipinski definition) is 6. The third kappa shape index (κ3) is 3.35. The first kappa shape index (κ1) is 13.5. The molecular formula is C15H15N5S. The molecule has 0 saturated carbocycles. The lowest BCUT2D eigenvalue weighted by Gasteiger charge is -2.07. The van der Waals surface area contributed by atoms with E-state index < -0.39 is 0 Å². The van der Waals surface area contributed by atoms with Gasteiger partial charge in [0.15, 0.2) is 5.82 Å². The lowest BCUT2D eigenvalue weighted by molar-refractivity contribution is 1.03. The van der Waals surface area contributed by atoms with Crippen molar-refractivity contribution >= 4 is 23.0 Å². The summed E-state index contributed by atoms with van der Waals surface area (Å²) in [6.07, 6.45) is 0. The summed E-state index contributed by atoms with van der Waals surface area (Å²) >= 11 is 1.63. The van der Waals surface area contributed by atoms with Crippen LogP contribution in [0.15, 0.2) is 41.8 Å². The largest absolute Gasteiger partial charge is 0.384 e. The summed E-state index contributed by atoms with van der Waals surface area (Å²) < 4.78 is 0. The molecule has 0 saturated heterocycles. The van der Waals surface area contributed by atoms with Crippen molar-refractivity contribution in [2.45, 2.75) is 13.5 Å². The first-order chi connectivity index (χ1) is 10.2. The molecule has 0 spiro atoms. The molecule has 0 bridgehead atoms. The molecule has 0 atom stereocenters. The fraction of sp³-hybridized carbons (Fsp3) is 0.133. The number of nitrogens with one attached hydrogen (secondary N) is 1. The highest BCUT2D eigenvalue weighted by Gasteiger charge is 2.06. The summed E-state index contributed by atoms with van der Waals surface area (Å²) in [6.45, 7) is 2.61. The van der Waals surface area contributed by atoms with E-state index in [0.29, 0.717) is 24.0 Å². The van der Waals surface area contributed by atoms with E-state index >= 15 is 0 Å². The number of aromatic nitrogens is 3. The molecular weight excluding hydrogens is 282 g/mol. The zero-order valence-electron chi connectivity index (χ0n) is 11.6. The lowest BCUT2D eigenvalue weighted by Crippen LogP contribution is -2.05. The first-order valence-corrected chi connectivity index (χ1v) is 7.43. The van der Waals surface area contributed by atoms with Crippen molar-refractivity contribution in [1.82, 2.24) is 15.0 Å². The molecule has 3 N–H and O–H groups in total. The molecule has 5 nitrogen and oxygen atoms in total. The van der Waals surface area contributed by atoms with Gasteiger partial charge in [-0.25, -0.2) is 15.0 Å². The minimum Gasteiger partial charge on any atom is -0.384 e. The van der Waals surface area contributed by atoms with E-state index in [1.165, 1.54) is 0 Å². The minimum atomic E-state index is 0.445. The van der Waals surface area contributed by atoms with Crippen molar-refractivity contribution in [3.8, 4) is 11.4 Å². The van der Waals surface area contributed by atoms with E-state index in [9.17, 15) is 0 Å². The van der Waals surface area contributed by atoms with E-state index in [1.54, 1.807) is 17.4 Å². The number of nitrogens with zero attached hydrogens (tertiary/aromatic N) is 3. The highest BCUT2D eigenvalue weighted by atomic mass is 32.1. The summed E-state index contributed by atoms with van der Waals surface area (Å²) in [5, 5.41) is 6.33. The Bertz CT molecular complexity index is 739. The second-order valence-electron chi connectivity index (χ2n) is 4.58. The summed E-state index contributed by atoms with van der Waals surface area (Å²) in [5.74, 6) is 1.76. The number of thiazole rings is 1. The van der Waals surface area contributed by atoms with Crippen molar-refractivity contribution in [1.29, 1.82) is 0 Å². The van der Waals surface area contributed by atoms with Crippen LogP contribution in [-0.4, -0.2) is 15.0 Å². The van der Waals surface area contributed by atoms with Gasteiger partial charge in [0, 0.05) is 17.0 Å². The number of hydrogen-bond donors (Lipinski definition) is 2. The predicted octanol–water partition coefficient (Wildman–Crippen LogP) is 3.10. The molecule has 0 amide bonds. The lowest BCUT2D eigenvalue weighted by atomic mass is 10.2. The summed E-state index contributed by atoms with van der Waals surface area (Å²) in [6, 6.07) is 11.5. The molecule has 21 heavy (non-hydrogen) atoms. The number of aryl methyl sites for hydroxylation is 1. The maximum absolute atomic E-state index is 5.87. The topological polar surface area (TPSA) is 76.7 Å². The Labute approximate surface area is 126 Å². The maximum Gasteiger partial charge on any atom is 0.163 e. The molecule has 0 aliphatic rings. The van der Waals surface area contributed by atoms with E-state index in [1.807, 2.05) is 42.6 Å². The predicted molar refractivity (Wildman–Crippen MR) is 86.1 cm³/mol. The Morgan fingerprint density at radius 1 is 1.14 bits per heavy atom. The van der Waals surface area contributed by atoms with Crippen LogP contribution >= 0.6 is 11.3 Å². The van der Waals surface area contributed by atoms with Crippen LogP contribution < -0.4 is 11.1 Å². The van der Waals surface area contributed by atoms with Crippen LogP contribution in [0.2, 0.25) is 0 Å². The number of nitrogen functional groups attached to an aromatic ring is 1. The number of anilines is 2. The zero-order chi connectivity index (χ0) is 14.7. The van der Waals surface area contributed by atoms with Gasteiger partial charge in [-0.2, -0.15) is 0 Å². The molecule has 2 aromatic heterocycles. The molecule has 3 rings (SSSR count). The van der Waals surface area contributed by atoms with Gasteiger partial charge in [-0.05, 0) is 6.92 Å². The van der Waals surface area contributed by atoms with Gasteiger partial charge in [0.2, 0.25) is 0 Å². The molecule has 6 heteroatoms. The molecule has 1 aromatic carbocycles. The van der Waals surface area contributed by atoms with E-state index in [-0.39, 0.29) is 0 Å². The normalized spacial score (nSPS) is 10.5. The second-order valence-corrected chi connectivity index (χ2v) is 5.64. The number of rotatable bonds is 4. The van der Waals surface area contributed by atoms with Gasteiger partial charge < -0.3 is 11.1 Å². The van der Waals surface area contributed by atoms with Crippen LogP contribution in [0.25, 0.3) is 11.4 Å². The highest BCUT2D eigenvalue weighted by Crippen LogP contribution is 2.19. The standard InChI is InChI=1S/C15H15N5S/c1-10-18-12(9-21-10)8-17-14-7-13(16)19-15(20-14)11-5-3-2-4-6-11/h2-7,9H,8H2,1H3,(H3,16,17,19,20). The monoisotopic (exact) mass is 297 g/mol. The molecule has 0 unspecified atom stereocenters. The first-order valence-electron chi connectivity index (χ1n) is 6.55. The van der Waals surface area contributed by atoms with Crippen molar-refractivity contribution in [2.75, 3.05) is 11.1 Å². The Morgan fingerprint density at radius 2 is 1.95 bits per heavy atom. The fourth-order valence-electron chi connectivity index (χ4n) is 1.94. The Kier molecular flexibility index (Phi) is 3.79. The Balaban J connectivity index is 1.81. The molecule has 0 aliphatic heterocycles. The van der Waals surface area contributed by atoms with Gasteiger partial charge in [-0.15, -0.1) is 11.3 Å². The van der Waals surface area contributed by atoms with Gasteiger partial charge in [-0.1, -0.05) is 30.3 Å². The van der Waals surface area contributed by atoms with Crippen LogP contribution in [0.3, 0.4) is 0 Å². The van der Waals surface area contributed by atoms with Gasteiger partial charge in [0.05, 0.1) is 17.2 Å². The van der Waals surface area contributed by atoms with Gasteiger partial charge in [-0.3, -0.25) is 0 Å². The smallest absolute Gasteiger partial charge is 0.163 e. The molecule has 2 heterocycles. The average Bonchev–Trinajstić information content (AvgIpc) is 2.91. The van der Waals surface area contributed by atoms with Crippen molar-refractivity contribution in [3.63, 3.8) is 0 Å². The molecule has 106 valence electrons. The SMILES string of the molecule is Cc1nc(CNc2cc(N)nc(-c3ccccc3)n2)cs1. The van der Waals surface area contributed by atoms with Crippen LogP contribution in [0.1, 0.15) is 10.7 Å². The number of nitrogens with two attached hydrogens (primary N) is 1. The van der Waals surface area contributed by atoms with E-state index in [4.69, 9.17) is 5.73 Å². The van der Waals surface area contributed by atoms with E-state index in [2.05, 4.69) is 20.3 Å². The van der Waals surface area contributed by atoms with Crippen molar-refractivity contribution in [2.24, 2.45) is 0 Å². The van der Waals surface area contributed by atoms with Crippen LogP contribution in [0.4, 0.5) is 11.6 Å². The Hall–Kier alpha value is -2.47. The maximum atomic E-state index is 5.87.